The molecule has 0 aliphatic heterocycles. The summed E-state index contributed by atoms with van der Waals surface area (Å²) in [7, 11) is 3.57. The second-order valence-electron chi connectivity index (χ2n) is 6.59. The molecule has 29 heavy (non-hydrogen) atoms. The van der Waals surface area contributed by atoms with Gasteiger partial charge in [0.2, 0.25) is 0 Å². The first kappa shape index (κ1) is 23.0. The molecule has 1 heterocycles. The minimum atomic E-state index is -0.681. The Morgan fingerprint density at radius 1 is 1.21 bits per heavy atom. The van der Waals surface area contributed by atoms with Crippen LogP contribution in [0.2, 0.25) is 0 Å². The van der Waals surface area contributed by atoms with Crippen LogP contribution in [-0.2, 0) is 6.54 Å². The van der Waals surface area contributed by atoms with Gasteiger partial charge in [-0.15, -0.1) is 24.0 Å². The van der Waals surface area contributed by atoms with E-state index in [1.54, 1.807) is 7.11 Å². The van der Waals surface area contributed by atoms with Crippen molar-refractivity contribution >= 4 is 40.9 Å². The number of rotatable bonds is 7. The van der Waals surface area contributed by atoms with Gasteiger partial charge >= 0.3 is 0 Å². The lowest BCUT2D eigenvalue weighted by Crippen LogP contribution is -2.38. The van der Waals surface area contributed by atoms with Crippen molar-refractivity contribution in [1.82, 2.24) is 10.2 Å². The van der Waals surface area contributed by atoms with Crippen molar-refractivity contribution in [3.63, 3.8) is 0 Å². The summed E-state index contributed by atoms with van der Waals surface area (Å²) in [6, 6.07) is 17.4. The number of para-hydroxylation sites is 1. The molecule has 1 atom stereocenters. The number of nitrogens with zero attached hydrogens (tertiary/aromatic N) is 2. The van der Waals surface area contributed by atoms with Crippen LogP contribution in [0.15, 0.2) is 64.0 Å². The number of halogens is 1. The van der Waals surface area contributed by atoms with Crippen LogP contribution in [-0.4, -0.2) is 43.2 Å². The van der Waals surface area contributed by atoms with Crippen LogP contribution < -0.4 is 10.1 Å². The largest absolute Gasteiger partial charge is 0.497 e. The molecule has 1 aromatic heterocycles. The number of hydrogen-bond donors (Lipinski definition) is 2. The molecule has 2 aromatic carbocycles. The molecule has 7 heteroatoms. The van der Waals surface area contributed by atoms with Gasteiger partial charge < -0.3 is 24.5 Å². The summed E-state index contributed by atoms with van der Waals surface area (Å²) in [4.78, 5) is 6.58. The zero-order chi connectivity index (χ0) is 19.9. The number of ether oxygens (including phenoxy) is 1. The number of guanidine groups is 1. The number of aliphatic hydroxyl groups is 1. The molecule has 0 amide bonds. The first-order valence-electron chi connectivity index (χ1n) is 9.39. The molecule has 3 rings (SSSR count). The molecule has 0 saturated carbocycles. The van der Waals surface area contributed by atoms with Crippen molar-refractivity contribution in [3.05, 3.63) is 65.9 Å². The standard InChI is InChI=1S/C22H27N3O3.HI/c1-4-23-22(24-14-20(26)16-9-11-18(27-3)12-10-16)25(2)15-19-13-17-7-5-6-8-21(17)28-19;/h5-13,20,26H,4,14-15H2,1-3H3,(H,23,24);1H. The van der Waals surface area contributed by atoms with Gasteiger partial charge in [-0.05, 0) is 36.8 Å². The molecule has 6 nitrogen and oxygen atoms in total. The average molecular weight is 509 g/mol. The van der Waals surface area contributed by atoms with Gasteiger partial charge in [0.25, 0.3) is 0 Å². The van der Waals surface area contributed by atoms with Crippen LogP contribution in [0.25, 0.3) is 11.0 Å². The van der Waals surface area contributed by atoms with Gasteiger partial charge in [-0.2, -0.15) is 0 Å². The molecular weight excluding hydrogens is 481 g/mol. The quantitative estimate of drug-likeness (QED) is 0.284. The maximum absolute atomic E-state index is 10.5. The zero-order valence-electron chi connectivity index (χ0n) is 17.0. The van der Waals surface area contributed by atoms with Gasteiger partial charge in [-0.3, -0.25) is 4.99 Å². The molecule has 156 valence electrons. The normalized spacial score (nSPS) is 12.3. The number of aliphatic hydroxyl groups excluding tert-OH is 1. The highest BCUT2D eigenvalue weighted by Gasteiger charge is 2.12. The maximum atomic E-state index is 10.5. The summed E-state index contributed by atoms with van der Waals surface area (Å²) in [6.45, 7) is 3.60. The fourth-order valence-corrected chi connectivity index (χ4v) is 3.00. The van der Waals surface area contributed by atoms with E-state index >= 15 is 0 Å². The first-order valence-corrected chi connectivity index (χ1v) is 9.39. The third kappa shape index (κ3) is 6.11. The Bertz CT molecular complexity index is 891. The second-order valence-corrected chi connectivity index (χ2v) is 6.59. The van der Waals surface area contributed by atoms with Crippen molar-refractivity contribution in [1.29, 1.82) is 0 Å². The highest BCUT2D eigenvalue weighted by Crippen LogP contribution is 2.20. The van der Waals surface area contributed by atoms with Crippen molar-refractivity contribution in [2.75, 3.05) is 27.2 Å². The number of fused-ring (bicyclic) bond motifs is 1. The number of hydrogen-bond acceptors (Lipinski definition) is 4. The summed E-state index contributed by atoms with van der Waals surface area (Å²) in [5, 5.41) is 14.8. The maximum Gasteiger partial charge on any atom is 0.194 e. The fourth-order valence-electron chi connectivity index (χ4n) is 3.00. The van der Waals surface area contributed by atoms with Crippen LogP contribution in [0.4, 0.5) is 0 Å². The van der Waals surface area contributed by atoms with Gasteiger partial charge in [-0.25, -0.2) is 0 Å². The Morgan fingerprint density at radius 3 is 2.59 bits per heavy atom. The predicted octanol–water partition coefficient (Wildman–Crippen LogP) is 4.19. The molecule has 0 radical (unpaired) electrons. The fraction of sp³-hybridized carbons (Fsp3) is 0.318. The third-order valence-electron chi connectivity index (χ3n) is 4.48. The Hall–Kier alpha value is -2.26. The predicted molar refractivity (Wildman–Crippen MR) is 127 cm³/mol. The van der Waals surface area contributed by atoms with Crippen LogP contribution in [0.3, 0.4) is 0 Å². The van der Waals surface area contributed by atoms with Crippen LogP contribution in [0.1, 0.15) is 24.4 Å². The number of methoxy groups -OCH3 is 1. The van der Waals surface area contributed by atoms with E-state index in [9.17, 15) is 5.11 Å². The molecule has 0 aliphatic rings. The molecule has 1 unspecified atom stereocenters. The summed E-state index contributed by atoms with van der Waals surface area (Å²) >= 11 is 0. The Kier molecular flexibility index (Phi) is 8.78. The Balaban J connectivity index is 0.00000300. The van der Waals surface area contributed by atoms with E-state index in [0.717, 1.165) is 40.5 Å². The lowest BCUT2D eigenvalue weighted by molar-refractivity contribution is 0.186. The van der Waals surface area contributed by atoms with E-state index in [1.807, 2.05) is 73.5 Å². The molecule has 0 saturated heterocycles. The van der Waals surface area contributed by atoms with Gasteiger partial charge in [0.05, 0.1) is 26.3 Å². The van der Waals surface area contributed by atoms with Crippen molar-refractivity contribution in [2.45, 2.75) is 19.6 Å². The summed E-state index contributed by atoms with van der Waals surface area (Å²) in [5.74, 6) is 2.35. The SMILES string of the molecule is CCNC(=NCC(O)c1ccc(OC)cc1)N(C)Cc1cc2ccccc2o1.I. The van der Waals surface area contributed by atoms with Gasteiger partial charge in [-0.1, -0.05) is 30.3 Å². The zero-order valence-corrected chi connectivity index (χ0v) is 19.3. The minimum absolute atomic E-state index is 0. The highest BCUT2D eigenvalue weighted by molar-refractivity contribution is 14.0. The van der Waals surface area contributed by atoms with Gasteiger partial charge in [0, 0.05) is 19.0 Å². The van der Waals surface area contributed by atoms with Crippen molar-refractivity contribution < 1.29 is 14.3 Å². The molecule has 0 spiro atoms. The van der Waals surface area contributed by atoms with E-state index < -0.39 is 6.10 Å². The van der Waals surface area contributed by atoms with Crippen LogP contribution in [0.5, 0.6) is 5.75 Å². The summed E-state index contributed by atoms with van der Waals surface area (Å²) in [5.41, 5.74) is 1.68. The van der Waals surface area contributed by atoms with E-state index in [-0.39, 0.29) is 30.5 Å². The number of nitrogens with one attached hydrogen (secondary N) is 1. The topological polar surface area (TPSA) is 70.2 Å². The van der Waals surface area contributed by atoms with E-state index in [4.69, 9.17) is 9.15 Å². The van der Waals surface area contributed by atoms with Crippen LogP contribution in [0, 0.1) is 0 Å². The smallest absolute Gasteiger partial charge is 0.194 e. The number of aliphatic imine (C=N–C) groups is 1. The van der Waals surface area contributed by atoms with Crippen molar-refractivity contribution in [3.8, 4) is 5.75 Å². The minimum Gasteiger partial charge on any atom is -0.497 e. The molecule has 2 N–H and O–H groups in total. The van der Waals surface area contributed by atoms with Crippen molar-refractivity contribution in [2.24, 2.45) is 4.99 Å². The monoisotopic (exact) mass is 509 g/mol. The van der Waals surface area contributed by atoms with Gasteiger partial charge in [0.1, 0.15) is 17.1 Å². The summed E-state index contributed by atoms with van der Waals surface area (Å²) < 4.78 is 11.1. The lowest BCUT2D eigenvalue weighted by atomic mass is 10.1. The highest BCUT2D eigenvalue weighted by atomic mass is 127. The first-order chi connectivity index (χ1) is 13.6. The molecule has 0 bridgehead atoms. The summed E-state index contributed by atoms with van der Waals surface area (Å²) in [6.07, 6.45) is -0.681. The van der Waals surface area contributed by atoms with E-state index in [1.165, 1.54) is 0 Å². The number of benzene rings is 2. The number of furan rings is 1. The molecule has 3 aromatic rings. The second kappa shape index (κ2) is 11.1. The molecule has 0 aliphatic carbocycles. The average Bonchev–Trinajstić information content (AvgIpc) is 3.13. The lowest BCUT2D eigenvalue weighted by Gasteiger charge is -2.21. The van der Waals surface area contributed by atoms with E-state index in [2.05, 4.69) is 10.3 Å². The van der Waals surface area contributed by atoms with Crippen LogP contribution >= 0.6 is 24.0 Å². The molecule has 0 fully saturated rings. The molecular formula is C22H28IN3O3. The Labute approximate surface area is 188 Å². The van der Waals surface area contributed by atoms with Gasteiger partial charge in [0.15, 0.2) is 5.96 Å². The third-order valence-corrected chi connectivity index (χ3v) is 4.48. The Morgan fingerprint density at radius 2 is 1.93 bits per heavy atom. The van der Waals surface area contributed by atoms with E-state index in [0.29, 0.717) is 6.54 Å².